The van der Waals surface area contributed by atoms with Crippen molar-refractivity contribution in [3.05, 3.63) is 75.0 Å². The zero-order chi connectivity index (χ0) is 23.3. The van der Waals surface area contributed by atoms with Crippen LogP contribution in [-0.4, -0.2) is 39.0 Å². The van der Waals surface area contributed by atoms with Gasteiger partial charge in [0.1, 0.15) is 23.0 Å². The summed E-state index contributed by atoms with van der Waals surface area (Å²) in [4.78, 5) is 39.8. The van der Waals surface area contributed by atoms with Crippen molar-refractivity contribution < 1.29 is 27.9 Å². The van der Waals surface area contributed by atoms with Crippen LogP contribution in [0.3, 0.4) is 0 Å². The second kappa shape index (κ2) is 7.85. The summed E-state index contributed by atoms with van der Waals surface area (Å²) in [6.07, 6.45) is 4.97. The van der Waals surface area contributed by atoms with E-state index in [9.17, 15) is 32.7 Å². The van der Waals surface area contributed by atoms with Gasteiger partial charge in [-0.2, -0.15) is 0 Å². The second-order valence-corrected chi connectivity index (χ2v) is 8.02. The van der Waals surface area contributed by atoms with Crippen LogP contribution < -0.4 is 10.7 Å². The van der Waals surface area contributed by atoms with E-state index in [2.05, 4.69) is 5.32 Å². The highest BCUT2D eigenvalue weighted by atomic mass is 19.1. The monoisotopic (exact) mass is 447 g/mol. The Kier molecular flexibility index (Phi) is 5.31. The zero-order valence-electron chi connectivity index (χ0n) is 17.2. The third-order valence-corrected chi connectivity index (χ3v) is 5.98. The molecule has 2 bridgehead atoms. The van der Waals surface area contributed by atoms with Crippen LogP contribution in [0.15, 0.2) is 35.3 Å². The van der Waals surface area contributed by atoms with Crippen molar-refractivity contribution >= 4 is 11.8 Å². The summed E-state index contributed by atoms with van der Waals surface area (Å²) in [5.41, 5.74) is -2.34. The summed E-state index contributed by atoms with van der Waals surface area (Å²) in [5, 5.41) is 12.7. The quantitative estimate of drug-likeness (QED) is 0.708. The van der Waals surface area contributed by atoms with Gasteiger partial charge >= 0.3 is 0 Å². The van der Waals surface area contributed by atoms with Gasteiger partial charge in [-0.1, -0.05) is 19.1 Å². The van der Waals surface area contributed by atoms with Crippen molar-refractivity contribution in [3.63, 3.8) is 0 Å². The summed E-state index contributed by atoms with van der Waals surface area (Å²) < 4.78 is 42.2. The molecule has 4 rings (SSSR count). The van der Waals surface area contributed by atoms with Crippen molar-refractivity contribution in [2.45, 2.75) is 32.5 Å². The molecule has 0 fully saturated rings. The number of aromatic hydroxyl groups is 1. The molecular formula is C22H20F3N3O4. The molecule has 3 heterocycles. The Morgan fingerprint density at radius 2 is 1.81 bits per heavy atom. The lowest BCUT2D eigenvalue weighted by Crippen LogP contribution is -2.48. The minimum atomic E-state index is -1.19. The molecule has 0 spiro atoms. The van der Waals surface area contributed by atoms with Gasteiger partial charge in [0, 0.05) is 43.0 Å². The lowest BCUT2D eigenvalue weighted by atomic mass is 9.98. The number of rotatable bonds is 3. The van der Waals surface area contributed by atoms with Crippen LogP contribution in [-0.2, 0) is 6.54 Å². The SMILES string of the molecule is C[C@@H]1C=C[C@H](C)N2C[C@H]1n1cc(C(=O)NCc3c(F)cc(F)cc3F)c(=O)c(O)c1C2=O. The van der Waals surface area contributed by atoms with Crippen LogP contribution in [0.2, 0.25) is 0 Å². The Bertz CT molecular complexity index is 1200. The van der Waals surface area contributed by atoms with Gasteiger partial charge in [0.25, 0.3) is 11.8 Å². The number of carbonyl (C=O) groups is 2. The molecule has 2 aromatic rings. The molecule has 2 N–H and O–H groups in total. The van der Waals surface area contributed by atoms with Gasteiger partial charge in [0.05, 0.1) is 6.04 Å². The lowest BCUT2D eigenvalue weighted by Gasteiger charge is -2.38. The van der Waals surface area contributed by atoms with Crippen LogP contribution in [0.4, 0.5) is 13.2 Å². The smallest absolute Gasteiger partial charge is 0.275 e. The maximum Gasteiger partial charge on any atom is 0.275 e. The molecule has 2 amide bonds. The molecule has 10 heteroatoms. The number of nitrogens with zero attached hydrogens (tertiary/aromatic N) is 2. The fourth-order valence-electron chi connectivity index (χ4n) is 4.11. The number of fused-ring (bicyclic) bond motifs is 4. The van der Waals surface area contributed by atoms with Crippen molar-refractivity contribution in [3.8, 4) is 5.75 Å². The third-order valence-electron chi connectivity index (χ3n) is 5.98. The topological polar surface area (TPSA) is 91.6 Å². The van der Waals surface area contributed by atoms with E-state index in [1.54, 1.807) is 4.90 Å². The van der Waals surface area contributed by atoms with E-state index in [-0.39, 0.29) is 23.7 Å². The van der Waals surface area contributed by atoms with Crippen LogP contribution in [0, 0.1) is 23.4 Å². The molecule has 7 nitrogen and oxygen atoms in total. The van der Waals surface area contributed by atoms with Gasteiger partial charge in [-0.25, -0.2) is 13.2 Å². The number of hydrogen-bond acceptors (Lipinski definition) is 4. The summed E-state index contributed by atoms with van der Waals surface area (Å²) >= 11 is 0. The number of amides is 2. The van der Waals surface area contributed by atoms with Crippen molar-refractivity contribution in [2.24, 2.45) is 5.92 Å². The van der Waals surface area contributed by atoms with Gasteiger partial charge in [-0.05, 0) is 12.8 Å². The van der Waals surface area contributed by atoms with E-state index >= 15 is 0 Å². The predicted octanol–water partition coefficient (Wildman–Crippen LogP) is 2.49. The fourth-order valence-corrected chi connectivity index (χ4v) is 4.11. The van der Waals surface area contributed by atoms with E-state index < -0.39 is 58.1 Å². The standard InChI is InChI=1S/C22H20F3N3O4/c1-10-3-4-11(2)27-9-17(10)28-8-14(19(29)20(30)18(28)22(27)32)21(31)26-7-13-15(24)5-12(23)6-16(13)25/h3-6,8,10-11,17,30H,7,9H2,1-2H3,(H,26,31)/t10-,11+,17-/m1/s1. The van der Waals surface area contributed by atoms with Gasteiger partial charge in [0.2, 0.25) is 5.43 Å². The molecular weight excluding hydrogens is 427 g/mol. The van der Waals surface area contributed by atoms with E-state index in [0.29, 0.717) is 18.7 Å². The van der Waals surface area contributed by atoms with Crippen LogP contribution in [0.5, 0.6) is 5.75 Å². The number of benzene rings is 1. The highest BCUT2D eigenvalue weighted by Crippen LogP contribution is 2.34. The Labute approximate surface area is 180 Å². The summed E-state index contributed by atoms with van der Waals surface area (Å²) in [7, 11) is 0. The Hall–Kier alpha value is -3.56. The summed E-state index contributed by atoms with van der Waals surface area (Å²) in [6, 6.07) is 0.378. The number of carbonyl (C=O) groups excluding carboxylic acids is 2. The predicted molar refractivity (Wildman–Crippen MR) is 108 cm³/mol. The van der Waals surface area contributed by atoms with E-state index in [1.807, 2.05) is 26.0 Å². The van der Waals surface area contributed by atoms with Crippen LogP contribution >= 0.6 is 0 Å². The number of allylic oxidation sites excluding steroid dienone is 1. The summed E-state index contributed by atoms with van der Waals surface area (Å²) in [5.74, 6) is -5.95. The molecule has 168 valence electrons. The molecule has 0 unspecified atom stereocenters. The maximum absolute atomic E-state index is 13.8. The lowest BCUT2D eigenvalue weighted by molar-refractivity contribution is 0.0612. The van der Waals surface area contributed by atoms with Crippen molar-refractivity contribution in [1.29, 1.82) is 0 Å². The number of hydrogen-bond donors (Lipinski definition) is 2. The number of aromatic nitrogens is 1. The molecule has 1 aromatic heterocycles. The minimum absolute atomic E-state index is 0.0745. The Morgan fingerprint density at radius 3 is 2.47 bits per heavy atom. The minimum Gasteiger partial charge on any atom is -0.503 e. The molecule has 2 aliphatic heterocycles. The molecule has 0 radical (unpaired) electrons. The number of halogens is 3. The third kappa shape index (κ3) is 3.45. The van der Waals surface area contributed by atoms with Gasteiger partial charge in [0.15, 0.2) is 11.4 Å². The first-order chi connectivity index (χ1) is 15.1. The molecule has 0 aliphatic carbocycles. The first-order valence-corrected chi connectivity index (χ1v) is 9.99. The largest absolute Gasteiger partial charge is 0.503 e. The van der Waals surface area contributed by atoms with Crippen molar-refractivity contribution in [1.82, 2.24) is 14.8 Å². The Balaban J connectivity index is 1.71. The average molecular weight is 447 g/mol. The number of pyridine rings is 1. The van der Waals surface area contributed by atoms with E-state index in [4.69, 9.17) is 0 Å². The van der Waals surface area contributed by atoms with Gasteiger partial charge in [-0.3, -0.25) is 14.4 Å². The first-order valence-electron chi connectivity index (χ1n) is 9.99. The first kappa shape index (κ1) is 21.7. The Morgan fingerprint density at radius 1 is 1.16 bits per heavy atom. The van der Waals surface area contributed by atoms with Crippen LogP contribution in [0.25, 0.3) is 0 Å². The highest BCUT2D eigenvalue weighted by molar-refractivity contribution is 5.99. The molecule has 0 saturated heterocycles. The second-order valence-electron chi connectivity index (χ2n) is 8.02. The van der Waals surface area contributed by atoms with E-state index in [1.165, 1.54) is 10.8 Å². The number of nitrogens with one attached hydrogen (secondary N) is 1. The average Bonchev–Trinajstić information content (AvgIpc) is 2.85. The molecule has 0 saturated carbocycles. The van der Waals surface area contributed by atoms with Gasteiger partial charge in [-0.15, -0.1) is 0 Å². The molecule has 32 heavy (non-hydrogen) atoms. The molecule has 1 aromatic carbocycles. The van der Waals surface area contributed by atoms with Gasteiger partial charge < -0.3 is 19.9 Å². The van der Waals surface area contributed by atoms with Crippen LogP contribution in [0.1, 0.15) is 46.3 Å². The summed E-state index contributed by atoms with van der Waals surface area (Å²) in [6.45, 7) is 3.40. The molecule has 2 aliphatic rings. The fraction of sp³-hybridized carbons (Fsp3) is 0.318. The maximum atomic E-state index is 13.8. The highest BCUT2D eigenvalue weighted by Gasteiger charge is 2.39. The zero-order valence-corrected chi connectivity index (χ0v) is 17.2. The normalized spacial score (nSPS) is 21.8. The van der Waals surface area contributed by atoms with E-state index in [0.717, 1.165) is 0 Å². The molecule has 3 atom stereocenters. The van der Waals surface area contributed by atoms with Crippen molar-refractivity contribution in [2.75, 3.05) is 6.54 Å².